The molecule has 0 aliphatic carbocycles. The number of ether oxygens (including phenoxy) is 1. The molecule has 0 aromatic rings. The van der Waals surface area contributed by atoms with E-state index in [4.69, 9.17) is 5.11 Å². The van der Waals surface area contributed by atoms with Gasteiger partial charge < -0.3 is 15.2 Å². The number of aliphatic hydroxyl groups is 1. The highest BCUT2D eigenvalue weighted by molar-refractivity contribution is 5.67. The number of amides is 1. The van der Waals surface area contributed by atoms with E-state index in [1.165, 1.54) is 0 Å². The minimum Gasteiger partial charge on any atom is -0.450 e. The Morgan fingerprint density at radius 2 is 2.33 bits per heavy atom. The molecule has 0 saturated carbocycles. The van der Waals surface area contributed by atoms with Crippen LogP contribution in [0.4, 0.5) is 4.79 Å². The lowest BCUT2D eigenvalue weighted by Crippen LogP contribution is -2.33. The molecular weight excluding hydrogens is 158 g/mol. The van der Waals surface area contributed by atoms with Gasteiger partial charge in [-0.05, 0) is 26.7 Å². The molecule has 0 fully saturated rings. The second kappa shape index (κ2) is 6.91. The maximum absolute atomic E-state index is 10.8. The Kier molecular flexibility index (Phi) is 6.47. The van der Waals surface area contributed by atoms with E-state index in [0.29, 0.717) is 13.0 Å². The molecule has 1 amide bonds. The van der Waals surface area contributed by atoms with Crippen LogP contribution in [0.3, 0.4) is 0 Å². The first-order valence-corrected chi connectivity index (χ1v) is 4.24. The van der Waals surface area contributed by atoms with Gasteiger partial charge in [0.2, 0.25) is 0 Å². The third-order valence-corrected chi connectivity index (χ3v) is 1.43. The minimum absolute atomic E-state index is 0.0659. The zero-order chi connectivity index (χ0) is 9.40. The van der Waals surface area contributed by atoms with Gasteiger partial charge in [-0.15, -0.1) is 0 Å². The highest BCUT2D eigenvalue weighted by Gasteiger charge is 2.05. The summed E-state index contributed by atoms with van der Waals surface area (Å²) < 4.78 is 4.68. The molecular formula is C8H17NO3. The zero-order valence-electron chi connectivity index (χ0n) is 7.67. The van der Waals surface area contributed by atoms with Gasteiger partial charge in [-0.3, -0.25) is 0 Å². The highest BCUT2D eigenvalue weighted by atomic mass is 16.5. The van der Waals surface area contributed by atoms with Crippen LogP contribution in [-0.2, 0) is 4.74 Å². The number of carbonyl (C=O) groups excluding carboxylic acids is 1. The molecule has 4 nitrogen and oxygen atoms in total. The monoisotopic (exact) mass is 175 g/mol. The van der Waals surface area contributed by atoms with Crippen LogP contribution >= 0.6 is 0 Å². The molecule has 0 radical (unpaired) electrons. The number of hydrogen-bond donors (Lipinski definition) is 2. The second-order valence-corrected chi connectivity index (χ2v) is 2.63. The Morgan fingerprint density at radius 3 is 2.83 bits per heavy atom. The van der Waals surface area contributed by atoms with Crippen molar-refractivity contribution in [3.63, 3.8) is 0 Å². The van der Waals surface area contributed by atoms with Crippen LogP contribution in [-0.4, -0.2) is 30.5 Å². The summed E-state index contributed by atoms with van der Waals surface area (Å²) in [6.45, 7) is 4.19. The van der Waals surface area contributed by atoms with E-state index >= 15 is 0 Å². The predicted octanol–water partition coefficient (Wildman–Crippen LogP) is 0.893. The first-order valence-electron chi connectivity index (χ1n) is 4.24. The minimum atomic E-state index is -0.386. The standard InChI is InChI=1S/C8H17NO3/c1-3-12-8(11)9-7(2)5-4-6-10/h7,10H,3-6H2,1-2H3,(H,9,11). The van der Waals surface area contributed by atoms with Gasteiger partial charge in [-0.25, -0.2) is 4.79 Å². The van der Waals surface area contributed by atoms with Crippen molar-refractivity contribution >= 4 is 6.09 Å². The summed E-state index contributed by atoms with van der Waals surface area (Å²) in [7, 11) is 0. The summed E-state index contributed by atoms with van der Waals surface area (Å²) in [5.74, 6) is 0. The fraction of sp³-hybridized carbons (Fsp3) is 0.875. The van der Waals surface area contributed by atoms with Crippen molar-refractivity contribution in [3.05, 3.63) is 0 Å². The second-order valence-electron chi connectivity index (χ2n) is 2.63. The number of rotatable bonds is 5. The summed E-state index contributed by atoms with van der Waals surface area (Å²) in [6, 6.07) is 0.0659. The number of nitrogens with one attached hydrogen (secondary N) is 1. The van der Waals surface area contributed by atoms with Crippen molar-refractivity contribution in [1.82, 2.24) is 5.32 Å². The molecule has 1 atom stereocenters. The van der Waals surface area contributed by atoms with Crippen molar-refractivity contribution in [1.29, 1.82) is 0 Å². The van der Waals surface area contributed by atoms with Gasteiger partial charge in [0, 0.05) is 12.6 Å². The average molecular weight is 175 g/mol. The average Bonchev–Trinajstić information content (AvgIpc) is 2.01. The van der Waals surface area contributed by atoms with Gasteiger partial charge in [0.05, 0.1) is 6.61 Å². The normalized spacial score (nSPS) is 12.2. The largest absolute Gasteiger partial charge is 0.450 e. The first kappa shape index (κ1) is 11.2. The van der Waals surface area contributed by atoms with E-state index in [9.17, 15) is 4.79 Å². The van der Waals surface area contributed by atoms with Crippen molar-refractivity contribution < 1.29 is 14.6 Å². The fourth-order valence-corrected chi connectivity index (χ4v) is 0.844. The molecule has 12 heavy (non-hydrogen) atoms. The predicted molar refractivity (Wildman–Crippen MR) is 45.9 cm³/mol. The van der Waals surface area contributed by atoms with E-state index in [1.807, 2.05) is 6.92 Å². The SMILES string of the molecule is CCOC(=O)NC(C)CCCO. The van der Waals surface area contributed by atoms with Crippen molar-refractivity contribution in [2.75, 3.05) is 13.2 Å². The summed E-state index contributed by atoms with van der Waals surface area (Å²) in [6.07, 6.45) is 1.09. The molecule has 0 heterocycles. The third-order valence-electron chi connectivity index (χ3n) is 1.43. The molecule has 2 N–H and O–H groups in total. The molecule has 72 valence electrons. The van der Waals surface area contributed by atoms with E-state index < -0.39 is 0 Å². The van der Waals surface area contributed by atoms with Crippen LogP contribution < -0.4 is 5.32 Å². The van der Waals surface area contributed by atoms with Crippen LogP contribution in [0.15, 0.2) is 0 Å². The van der Waals surface area contributed by atoms with E-state index in [1.54, 1.807) is 6.92 Å². The first-order chi connectivity index (χ1) is 5.70. The van der Waals surface area contributed by atoms with Crippen LogP contribution in [0.25, 0.3) is 0 Å². The molecule has 0 saturated heterocycles. The van der Waals surface area contributed by atoms with E-state index in [0.717, 1.165) is 6.42 Å². The topological polar surface area (TPSA) is 58.6 Å². The van der Waals surface area contributed by atoms with Gasteiger partial charge in [0.1, 0.15) is 0 Å². The number of carbonyl (C=O) groups is 1. The molecule has 0 aromatic carbocycles. The van der Waals surface area contributed by atoms with Crippen molar-refractivity contribution in [2.45, 2.75) is 32.7 Å². The highest BCUT2D eigenvalue weighted by Crippen LogP contribution is 1.95. The van der Waals surface area contributed by atoms with Crippen LogP contribution in [0.2, 0.25) is 0 Å². The molecule has 1 unspecified atom stereocenters. The number of aliphatic hydroxyl groups excluding tert-OH is 1. The molecule has 0 aliphatic heterocycles. The van der Waals surface area contributed by atoms with E-state index in [2.05, 4.69) is 10.1 Å². The molecule has 0 aliphatic rings. The maximum atomic E-state index is 10.8. The van der Waals surface area contributed by atoms with Crippen molar-refractivity contribution in [2.24, 2.45) is 0 Å². The molecule has 0 aromatic heterocycles. The number of alkyl carbamates (subject to hydrolysis) is 1. The fourth-order valence-electron chi connectivity index (χ4n) is 0.844. The quantitative estimate of drug-likeness (QED) is 0.652. The lowest BCUT2D eigenvalue weighted by atomic mass is 10.2. The summed E-state index contributed by atoms with van der Waals surface area (Å²) in [4.78, 5) is 10.8. The lowest BCUT2D eigenvalue weighted by molar-refractivity contribution is 0.147. The Morgan fingerprint density at radius 1 is 1.67 bits per heavy atom. The maximum Gasteiger partial charge on any atom is 0.407 e. The molecule has 0 rings (SSSR count). The summed E-state index contributed by atoms with van der Waals surface area (Å²) >= 11 is 0. The zero-order valence-corrected chi connectivity index (χ0v) is 7.67. The van der Waals surface area contributed by atoms with Crippen LogP contribution in [0.5, 0.6) is 0 Å². The Balaban J connectivity index is 3.40. The number of hydrogen-bond acceptors (Lipinski definition) is 3. The molecule has 0 bridgehead atoms. The van der Waals surface area contributed by atoms with Crippen molar-refractivity contribution in [3.8, 4) is 0 Å². The Hall–Kier alpha value is -0.770. The summed E-state index contributed by atoms with van der Waals surface area (Å²) in [5, 5.41) is 11.2. The van der Waals surface area contributed by atoms with Gasteiger partial charge in [0.15, 0.2) is 0 Å². The lowest BCUT2D eigenvalue weighted by Gasteiger charge is -2.12. The third kappa shape index (κ3) is 5.97. The van der Waals surface area contributed by atoms with Gasteiger partial charge in [-0.2, -0.15) is 0 Å². The Bertz CT molecular complexity index is 127. The van der Waals surface area contributed by atoms with Gasteiger partial charge >= 0.3 is 6.09 Å². The van der Waals surface area contributed by atoms with Crippen LogP contribution in [0, 0.1) is 0 Å². The van der Waals surface area contributed by atoms with Crippen LogP contribution in [0.1, 0.15) is 26.7 Å². The molecule has 4 heteroatoms. The Labute approximate surface area is 72.9 Å². The summed E-state index contributed by atoms with van der Waals surface area (Å²) in [5.41, 5.74) is 0. The molecule has 0 spiro atoms. The van der Waals surface area contributed by atoms with Gasteiger partial charge in [0.25, 0.3) is 0 Å². The smallest absolute Gasteiger partial charge is 0.407 e. The van der Waals surface area contributed by atoms with E-state index in [-0.39, 0.29) is 18.7 Å². The van der Waals surface area contributed by atoms with Gasteiger partial charge in [-0.1, -0.05) is 0 Å².